The average molecular weight is 368 g/mol. The van der Waals surface area contributed by atoms with Crippen molar-refractivity contribution in [2.24, 2.45) is 0 Å². The summed E-state index contributed by atoms with van der Waals surface area (Å²) in [7, 11) is 0. The Morgan fingerprint density at radius 1 is 1.28 bits per heavy atom. The molecule has 2 aromatic heterocycles. The van der Waals surface area contributed by atoms with Gasteiger partial charge in [0.2, 0.25) is 5.91 Å². The molecule has 0 aliphatic carbocycles. The van der Waals surface area contributed by atoms with Gasteiger partial charge in [0.25, 0.3) is 0 Å². The maximum atomic E-state index is 12.5. The number of amides is 1. The molecule has 3 aromatic rings. The molecule has 0 saturated heterocycles. The summed E-state index contributed by atoms with van der Waals surface area (Å²) in [6.07, 6.45) is 1.55. The van der Waals surface area contributed by atoms with Gasteiger partial charge in [-0.15, -0.1) is 11.3 Å². The van der Waals surface area contributed by atoms with Crippen molar-refractivity contribution < 1.29 is 4.79 Å². The number of nitrogens with one attached hydrogen (secondary N) is 1. The second kappa shape index (κ2) is 7.21. The zero-order valence-corrected chi connectivity index (χ0v) is 15.7. The van der Waals surface area contributed by atoms with E-state index in [2.05, 4.69) is 35.2 Å². The zero-order valence-electron chi connectivity index (χ0n) is 14.0. The third kappa shape index (κ3) is 3.65. The molecule has 0 bridgehead atoms. The number of carbonyl (C=O) groups excluding carboxylic acids is 1. The van der Waals surface area contributed by atoms with E-state index in [4.69, 9.17) is 5.26 Å². The normalized spacial score (nSPS) is 11.9. The topological polar surface area (TPSA) is 78.7 Å². The lowest BCUT2D eigenvalue weighted by molar-refractivity contribution is -0.115. The van der Waals surface area contributed by atoms with E-state index < -0.39 is 0 Å². The van der Waals surface area contributed by atoms with E-state index in [1.54, 1.807) is 41.9 Å². The Labute approximate surface area is 154 Å². The van der Waals surface area contributed by atoms with E-state index >= 15 is 0 Å². The molecule has 1 atom stereocenters. The third-order valence-electron chi connectivity index (χ3n) is 3.87. The molecule has 25 heavy (non-hydrogen) atoms. The molecule has 7 heteroatoms. The zero-order chi connectivity index (χ0) is 18.0. The van der Waals surface area contributed by atoms with Crippen molar-refractivity contribution in [2.45, 2.75) is 31.0 Å². The Morgan fingerprint density at radius 3 is 2.68 bits per heavy atom. The third-order valence-corrected chi connectivity index (χ3v) is 6.09. The Kier molecular flexibility index (Phi) is 5.02. The van der Waals surface area contributed by atoms with Gasteiger partial charge in [0.05, 0.1) is 16.9 Å². The minimum Gasteiger partial charge on any atom is -0.325 e. The highest BCUT2D eigenvalue weighted by Gasteiger charge is 2.19. The van der Waals surface area contributed by atoms with Gasteiger partial charge in [-0.25, -0.2) is 9.97 Å². The number of aryl methyl sites for hydroxylation is 2. The SMILES string of the molecule is Cc1sc2ncnc(S[C@@H](C)C(=O)Nc3ccc(C#N)cc3)c2c1C. The number of nitrogens with zero attached hydrogens (tertiary/aromatic N) is 3. The number of nitriles is 1. The molecule has 1 N–H and O–H groups in total. The summed E-state index contributed by atoms with van der Waals surface area (Å²) in [5.41, 5.74) is 2.40. The van der Waals surface area contributed by atoms with Crippen LogP contribution in [0.4, 0.5) is 5.69 Å². The predicted molar refractivity (Wildman–Crippen MR) is 102 cm³/mol. The lowest BCUT2D eigenvalue weighted by Gasteiger charge is -2.12. The van der Waals surface area contributed by atoms with Gasteiger partial charge in [0, 0.05) is 16.0 Å². The number of thiophene rings is 1. The van der Waals surface area contributed by atoms with Crippen molar-refractivity contribution >= 4 is 44.9 Å². The Hall–Kier alpha value is -2.43. The van der Waals surface area contributed by atoms with Crippen LogP contribution in [0.15, 0.2) is 35.6 Å². The summed E-state index contributed by atoms with van der Waals surface area (Å²) < 4.78 is 0. The molecule has 1 aromatic carbocycles. The van der Waals surface area contributed by atoms with Crippen molar-refractivity contribution in [3.8, 4) is 6.07 Å². The van der Waals surface area contributed by atoms with Crippen LogP contribution < -0.4 is 5.32 Å². The number of anilines is 1. The van der Waals surface area contributed by atoms with Gasteiger partial charge < -0.3 is 5.32 Å². The van der Waals surface area contributed by atoms with Crippen LogP contribution in [-0.2, 0) is 4.79 Å². The summed E-state index contributed by atoms with van der Waals surface area (Å²) in [5, 5.41) is 13.2. The Balaban J connectivity index is 1.76. The van der Waals surface area contributed by atoms with Crippen molar-refractivity contribution in [3.05, 3.63) is 46.6 Å². The maximum absolute atomic E-state index is 12.5. The summed E-state index contributed by atoms with van der Waals surface area (Å²) in [6.45, 7) is 5.98. The molecular weight excluding hydrogens is 352 g/mol. The Morgan fingerprint density at radius 2 is 2.00 bits per heavy atom. The molecule has 0 fully saturated rings. The van der Waals surface area contributed by atoms with Crippen LogP contribution in [0.25, 0.3) is 10.2 Å². The standard InChI is InChI=1S/C18H16N4OS2/c1-10-11(2)24-17-15(10)18(21-9-20-17)25-12(3)16(23)22-14-6-4-13(8-19)5-7-14/h4-7,9,12H,1-3H3,(H,22,23)/t12-/m0/s1. The fourth-order valence-corrected chi connectivity index (χ4v) is 4.37. The fraction of sp³-hybridized carbons (Fsp3) is 0.222. The second-order valence-electron chi connectivity index (χ2n) is 5.58. The molecule has 0 unspecified atom stereocenters. The minimum absolute atomic E-state index is 0.105. The predicted octanol–water partition coefficient (Wildman–Crippen LogP) is 4.30. The smallest absolute Gasteiger partial charge is 0.237 e. The van der Waals surface area contributed by atoms with Gasteiger partial charge in [-0.05, 0) is 50.6 Å². The molecule has 1 amide bonds. The maximum Gasteiger partial charge on any atom is 0.237 e. The van der Waals surface area contributed by atoms with E-state index in [9.17, 15) is 4.79 Å². The molecule has 0 radical (unpaired) electrons. The summed E-state index contributed by atoms with van der Waals surface area (Å²) >= 11 is 3.07. The number of hydrogen-bond donors (Lipinski definition) is 1. The molecule has 0 spiro atoms. The highest BCUT2D eigenvalue weighted by molar-refractivity contribution is 8.00. The summed E-state index contributed by atoms with van der Waals surface area (Å²) in [6, 6.07) is 8.87. The average Bonchev–Trinajstić information content (AvgIpc) is 2.90. The monoisotopic (exact) mass is 368 g/mol. The molecule has 126 valence electrons. The number of benzene rings is 1. The van der Waals surface area contributed by atoms with E-state index in [0.717, 1.165) is 15.2 Å². The first-order valence-corrected chi connectivity index (χ1v) is 9.37. The lowest BCUT2D eigenvalue weighted by atomic mass is 10.2. The van der Waals surface area contributed by atoms with E-state index in [-0.39, 0.29) is 11.2 Å². The van der Waals surface area contributed by atoms with Gasteiger partial charge in [-0.3, -0.25) is 4.79 Å². The molecule has 2 heterocycles. The number of fused-ring (bicyclic) bond motifs is 1. The van der Waals surface area contributed by atoms with Crippen LogP contribution in [0.3, 0.4) is 0 Å². The second-order valence-corrected chi connectivity index (χ2v) is 8.11. The van der Waals surface area contributed by atoms with Gasteiger partial charge in [0.1, 0.15) is 16.2 Å². The van der Waals surface area contributed by atoms with Crippen LogP contribution in [0.5, 0.6) is 0 Å². The molecule has 0 aliphatic heterocycles. The van der Waals surface area contributed by atoms with E-state index in [0.29, 0.717) is 11.3 Å². The lowest BCUT2D eigenvalue weighted by Crippen LogP contribution is -2.22. The molecule has 0 aliphatic rings. The fourth-order valence-electron chi connectivity index (χ4n) is 2.33. The number of rotatable bonds is 4. The number of hydrogen-bond acceptors (Lipinski definition) is 6. The van der Waals surface area contributed by atoms with Gasteiger partial charge >= 0.3 is 0 Å². The first kappa shape index (κ1) is 17.4. The molecule has 0 saturated carbocycles. The minimum atomic E-state index is -0.312. The van der Waals surface area contributed by atoms with Crippen molar-refractivity contribution in [3.63, 3.8) is 0 Å². The van der Waals surface area contributed by atoms with Gasteiger partial charge in [0.15, 0.2) is 0 Å². The first-order valence-electron chi connectivity index (χ1n) is 7.68. The number of aromatic nitrogens is 2. The van der Waals surface area contributed by atoms with Crippen LogP contribution in [-0.4, -0.2) is 21.1 Å². The number of thioether (sulfide) groups is 1. The molecule has 3 rings (SSSR count). The van der Waals surface area contributed by atoms with E-state index in [1.807, 2.05) is 6.92 Å². The largest absolute Gasteiger partial charge is 0.325 e. The van der Waals surface area contributed by atoms with Crippen LogP contribution in [0, 0.1) is 25.2 Å². The van der Waals surface area contributed by atoms with Gasteiger partial charge in [-0.1, -0.05) is 11.8 Å². The van der Waals surface area contributed by atoms with Crippen LogP contribution in [0.1, 0.15) is 22.9 Å². The highest BCUT2D eigenvalue weighted by atomic mass is 32.2. The summed E-state index contributed by atoms with van der Waals surface area (Å²) in [5.74, 6) is -0.105. The van der Waals surface area contributed by atoms with Crippen LogP contribution in [0.2, 0.25) is 0 Å². The first-order chi connectivity index (χ1) is 12.0. The quantitative estimate of drug-likeness (QED) is 0.549. The summed E-state index contributed by atoms with van der Waals surface area (Å²) in [4.78, 5) is 23.3. The highest BCUT2D eigenvalue weighted by Crippen LogP contribution is 2.36. The van der Waals surface area contributed by atoms with E-state index in [1.165, 1.54) is 22.2 Å². The van der Waals surface area contributed by atoms with Crippen molar-refractivity contribution in [2.75, 3.05) is 5.32 Å². The van der Waals surface area contributed by atoms with Crippen molar-refractivity contribution in [1.29, 1.82) is 5.26 Å². The number of carbonyl (C=O) groups is 1. The molecule has 5 nitrogen and oxygen atoms in total. The Bertz CT molecular complexity index is 973. The molecular formula is C18H16N4OS2. The van der Waals surface area contributed by atoms with Crippen molar-refractivity contribution in [1.82, 2.24) is 9.97 Å². The van der Waals surface area contributed by atoms with Crippen LogP contribution >= 0.6 is 23.1 Å². The van der Waals surface area contributed by atoms with Gasteiger partial charge in [-0.2, -0.15) is 5.26 Å².